The normalized spacial score (nSPS) is 11.6. The predicted molar refractivity (Wildman–Crippen MR) is 266 cm³/mol. The molecule has 64 heavy (non-hydrogen) atoms. The van der Waals surface area contributed by atoms with Gasteiger partial charge < -0.3 is 32.1 Å². The maximum atomic E-state index is 6.25. The molecule has 0 spiro atoms. The minimum absolute atomic E-state index is 0.240. The highest BCUT2D eigenvalue weighted by Gasteiger charge is 2.20. The van der Waals surface area contributed by atoms with Gasteiger partial charge in [0, 0.05) is 63.4 Å². The summed E-state index contributed by atoms with van der Waals surface area (Å²) in [5, 5.41) is 14.8. The van der Waals surface area contributed by atoms with Crippen molar-refractivity contribution in [3.8, 4) is 0 Å². The van der Waals surface area contributed by atoms with Crippen LogP contribution in [-0.2, 0) is 0 Å². The van der Waals surface area contributed by atoms with E-state index in [1.54, 1.807) is 4.68 Å². The minimum atomic E-state index is 0.240. The number of nitrogens with two attached hydrogens (primary N) is 4. The molecule has 0 aromatic carbocycles. The number of hydrogen-bond donors (Lipinski definition) is 4. The summed E-state index contributed by atoms with van der Waals surface area (Å²) in [6.07, 6.45) is 0. The maximum Gasteiger partial charge on any atom is 0.181 e. The van der Waals surface area contributed by atoms with Gasteiger partial charge in [-0.3, -0.25) is 0 Å². The molecule has 344 valence electrons. The predicted octanol–water partition coefficient (Wildman–Crippen LogP) is 10.1. The molecule has 16 heteroatoms. The first kappa shape index (κ1) is 48.7. The van der Waals surface area contributed by atoms with Gasteiger partial charge in [0.15, 0.2) is 22.5 Å². The first-order chi connectivity index (χ1) is 29.7. The first-order valence-corrected chi connectivity index (χ1v) is 22.2. The van der Waals surface area contributed by atoms with Crippen LogP contribution in [0.25, 0.3) is 44.4 Å². The van der Waals surface area contributed by atoms with E-state index in [9.17, 15) is 0 Å². The third-order valence-corrected chi connectivity index (χ3v) is 12.5. The second-order valence-corrected chi connectivity index (χ2v) is 18.2. The van der Waals surface area contributed by atoms with Crippen molar-refractivity contribution >= 4 is 67.1 Å². The fourth-order valence-corrected chi connectivity index (χ4v) is 8.02. The van der Waals surface area contributed by atoms with Crippen LogP contribution in [0.2, 0.25) is 0 Å². The summed E-state index contributed by atoms with van der Waals surface area (Å²) in [6, 6.07) is 1.29. The number of imidazole rings is 1. The molecule has 8 aromatic rings. The van der Waals surface area contributed by atoms with Crippen molar-refractivity contribution < 1.29 is 0 Å². The molecule has 0 saturated heterocycles. The Bertz CT molecular complexity index is 3010. The van der Waals surface area contributed by atoms with Gasteiger partial charge in [-0.05, 0) is 166 Å². The molecule has 8 aromatic heterocycles. The van der Waals surface area contributed by atoms with Crippen LogP contribution in [0.5, 0.6) is 0 Å². The van der Waals surface area contributed by atoms with E-state index in [1.165, 1.54) is 11.3 Å². The molecule has 8 rings (SSSR count). The van der Waals surface area contributed by atoms with Crippen LogP contribution in [0, 0.1) is 83.1 Å². The van der Waals surface area contributed by atoms with Crippen molar-refractivity contribution in [1.29, 1.82) is 0 Å². The lowest BCUT2D eigenvalue weighted by Crippen LogP contribution is -2.05. The van der Waals surface area contributed by atoms with Crippen molar-refractivity contribution in [2.45, 2.75) is 163 Å². The minimum Gasteiger partial charge on any atom is -0.398 e. The van der Waals surface area contributed by atoms with Gasteiger partial charge in [-0.25, -0.2) is 34.3 Å². The molecule has 0 atom stereocenters. The summed E-state index contributed by atoms with van der Waals surface area (Å²) in [6.45, 7) is 41.0. The number of hydrogen-bond acceptors (Lipinski definition) is 12. The van der Waals surface area contributed by atoms with E-state index in [4.69, 9.17) is 27.9 Å². The smallest absolute Gasteiger partial charge is 0.181 e. The van der Waals surface area contributed by atoms with E-state index in [2.05, 4.69) is 99.9 Å². The van der Waals surface area contributed by atoms with Gasteiger partial charge in [-0.1, -0.05) is 5.21 Å². The van der Waals surface area contributed by atoms with Crippen LogP contribution in [0.15, 0.2) is 0 Å². The van der Waals surface area contributed by atoms with E-state index in [1.807, 2.05) is 87.8 Å². The van der Waals surface area contributed by atoms with Gasteiger partial charge >= 0.3 is 0 Å². The number of anilines is 4. The average molecular weight is 873 g/mol. The van der Waals surface area contributed by atoms with Crippen LogP contribution in [0.4, 0.5) is 22.7 Å². The standard InChI is InChI=1S/C14H21N3.2C12H18N4.C10H15N5/c1-7(2)17-11(6)9(4)12-13(15)8(3)10(5)16-14(12)17;1-6(2)16-12-10(9(5)15-16)11(13)7(3)8(4)14-12;1-6(2)16-9(5)15-11-10(13)7(3)8(4)14-12(11)16;1-5(2)15-10-9(13-14-15)8(11)6(3)7(4)12-10/h7H,1-6H3,(H2,15,16);2*6H,1-5H3,(H2,13,14);5H,1-4H3,(H2,11,12). The largest absolute Gasteiger partial charge is 0.398 e. The third kappa shape index (κ3) is 8.66. The number of aryl methyl sites for hydroxylation is 7. The summed E-state index contributed by atoms with van der Waals surface area (Å²) in [5.74, 6) is 0.967. The van der Waals surface area contributed by atoms with E-state index < -0.39 is 0 Å². The quantitative estimate of drug-likeness (QED) is 0.130. The van der Waals surface area contributed by atoms with Crippen molar-refractivity contribution in [3.05, 3.63) is 67.8 Å². The molecule has 0 aliphatic heterocycles. The molecule has 0 unspecified atom stereocenters. The van der Waals surface area contributed by atoms with Gasteiger partial charge in [0.25, 0.3) is 0 Å². The summed E-state index contributed by atoms with van der Waals surface area (Å²) < 4.78 is 8.12. The fourth-order valence-electron chi connectivity index (χ4n) is 8.02. The Kier molecular flexibility index (Phi) is 14.0. The highest BCUT2D eigenvalue weighted by atomic mass is 15.5. The lowest BCUT2D eigenvalue weighted by molar-refractivity contribution is 0.526. The van der Waals surface area contributed by atoms with E-state index in [0.717, 1.165) is 112 Å². The molecule has 0 radical (unpaired) electrons. The van der Waals surface area contributed by atoms with Crippen molar-refractivity contribution in [1.82, 2.24) is 58.8 Å². The van der Waals surface area contributed by atoms with Gasteiger partial charge in [0.2, 0.25) is 0 Å². The molecule has 0 aliphatic carbocycles. The van der Waals surface area contributed by atoms with E-state index >= 15 is 0 Å². The molecule has 0 amide bonds. The maximum absolute atomic E-state index is 6.25. The average Bonchev–Trinajstić information content (AvgIpc) is 3.95. The number of nitrogens with zero attached hydrogens (tertiary/aromatic N) is 12. The van der Waals surface area contributed by atoms with E-state index in [-0.39, 0.29) is 6.04 Å². The second kappa shape index (κ2) is 18.4. The summed E-state index contributed by atoms with van der Waals surface area (Å²) in [5.41, 5.74) is 44.2. The number of nitrogen functional groups attached to an aromatic ring is 4. The molecule has 0 bridgehead atoms. The Labute approximate surface area is 378 Å². The second-order valence-electron chi connectivity index (χ2n) is 18.2. The van der Waals surface area contributed by atoms with Crippen molar-refractivity contribution in [3.63, 3.8) is 0 Å². The van der Waals surface area contributed by atoms with Crippen LogP contribution in [0.3, 0.4) is 0 Å². The third-order valence-electron chi connectivity index (χ3n) is 12.5. The molecule has 0 saturated carbocycles. The van der Waals surface area contributed by atoms with Crippen molar-refractivity contribution in [2.24, 2.45) is 0 Å². The van der Waals surface area contributed by atoms with Gasteiger partial charge in [0.1, 0.15) is 17.0 Å². The Morgan fingerprint density at radius 2 is 0.797 bits per heavy atom. The molecular weight excluding hydrogens is 801 g/mol. The van der Waals surface area contributed by atoms with Gasteiger partial charge in [-0.15, -0.1) is 5.10 Å². The lowest BCUT2D eigenvalue weighted by Gasteiger charge is -2.13. The zero-order chi connectivity index (χ0) is 48.1. The summed E-state index contributed by atoms with van der Waals surface area (Å²) in [4.78, 5) is 22.9. The van der Waals surface area contributed by atoms with Crippen LogP contribution in [0.1, 0.15) is 147 Å². The lowest BCUT2D eigenvalue weighted by atomic mass is 10.1. The number of aromatic nitrogens is 12. The molecule has 16 nitrogen and oxygen atoms in total. The highest BCUT2D eigenvalue weighted by molar-refractivity contribution is 5.95. The zero-order valence-corrected chi connectivity index (χ0v) is 42.0. The Morgan fingerprint density at radius 1 is 0.375 bits per heavy atom. The van der Waals surface area contributed by atoms with Crippen LogP contribution < -0.4 is 22.9 Å². The van der Waals surface area contributed by atoms with Gasteiger partial charge in [-0.2, -0.15) is 5.10 Å². The number of pyridine rings is 4. The Balaban J connectivity index is 0.000000161. The number of fused-ring (bicyclic) bond motifs is 4. The molecular formula is C48H72N16. The summed E-state index contributed by atoms with van der Waals surface area (Å²) in [7, 11) is 0. The first-order valence-electron chi connectivity index (χ1n) is 22.2. The summed E-state index contributed by atoms with van der Waals surface area (Å²) >= 11 is 0. The van der Waals surface area contributed by atoms with Crippen LogP contribution in [-0.4, -0.2) is 58.8 Å². The fraction of sp³-hybridized carbons (Fsp3) is 0.500. The Hall–Kier alpha value is -6.32. The van der Waals surface area contributed by atoms with Gasteiger partial charge in [0.05, 0.1) is 28.5 Å². The van der Waals surface area contributed by atoms with Crippen molar-refractivity contribution in [2.75, 3.05) is 22.9 Å². The monoisotopic (exact) mass is 873 g/mol. The molecule has 8 N–H and O–H groups in total. The Morgan fingerprint density at radius 3 is 1.28 bits per heavy atom. The van der Waals surface area contributed by atoms with Crippen LogP contribution >= 0.6 is 0 Å². The van der Waals surface area contributed by atoms with E-state index in [0.29, 0.717) is 29.3 Å². The topological polar surface area (TPSA) is 227 Å². The highest BCUT2D eigenvalue weighted by Crippen LogP contribution is 2.34. The molecule has 0 fully saturated rings. The molecule has 0 aliphatic rings. The molecule has 8 heterocycles. The zero-order valence-electron chi connectivity index (χ0n) is 42.0. The number of rotatable bonds is 4. The SMILES string of the molecule is Cc1nc2c(c(C)c(C)n2C(C)C)c(N)c1C.Cc1nc2c(c(C)nn2C(C)C)c(N)c1C.Cc1nc2c(nc(C)n2C(C)C)c(N)c1C.Cc1nc2c(nnn2C(C)C)c(N)c1C.